The number of hydrogen-bond acceptors (Lipinski definition) is 5. The van der Waals surface area contributed by atoms with Gasteiger partial charge in [0.05, 0.1) is 24.8 Å². The molecule has 36 heavy (non-hydrogen) atoms. The smallest absolute Gasteiger partial charge is 0.194 e. The van der Waals surface area contributed by atoms with Gasteiger partial charge in [-0.3, -0.25) is 0 Å². The topological polar surface area (TPSA) is 67.0 Å². The van der Waals surface area contributed by atoms with Crippen LogP contribution < -0.4 is 4.74 Å². The Labute approximate surface area is 205 Å². The van der Waals surface area contributed by atoms with E-state index in [0.717, 1.165) is 29.1 Å². The Morgan fingerprint density at radius 1 is 1.06 bits per heavy atom. The van der Waals surface area contributed by atoms with Crippen molar-refractivity contribution in [3.63, 3.8) is 0 Å². The van der Waals surface area contributed by atoms with Crippen molar-refractivity contribution >= 4 is 12.2 Å². The molecule has 7 nitrogen and oxygen atoms in total. The van der Waals surface area contributed by atoms with Crippen LogP contribution in [0.15, 0.2) is 42.9 Å². The number of aromatic nitrogens is 5. The van der Waals surface area contributed by atoms with E-state index in [1.165, 1.54) is 7.11 Å². The summed E-state index contributed by atoms with van der Waals surface area (Å²) in [6.45, 7) is 2.49. The number of benzene rings is 2. The summed E-state index contributed by atoms with van der Waals surface area (Å²) < 4.78 is 56.6. The zero-order chi connectivity index (χ0) is 25.4. The fourth-order valence-corrected chi connectivity index (χ4v) is 4.58. The minimum absolute atomic E-state index is 0.153. The van der Waals surface area contributed by atoms with Crippen LogP contribution in [0.1, 0.15) is 41.3 Å². The highest BCUT2D eigenvalue weighted by atomic mass is 19.2. The molecule has 0 radical (unpaired) electrons. The molecule has 0 amide bonds. The normalized spacial score (nSPS) is 17.5. The minimum Gasteiger partial charge on any atom is -0.495 e. The SMILES string of the molecule is COc1cc(/C=C/c2nc3n(n2)CCC[C@@]3(OC)c2cc(F)c(F)c(F)c2)ccc1-n1cnc(C)c1. The van der Waals surface area contributed by atoms with Crippen molar-refractivity contribution in [2.75, 3.05) is 14.2 Å². The molecule has 2 aromatic carbocycles. The van der Waals surface area contributed by atoms with E-state index in [1.54, 1.807) is 24.2 Å². The molecule has 2 aromatic heterocycles. The molecule has 3 heterocycles. The molecule has 1 aliphatic rings. The number of ether oxygens (including phenoxy) is 2. The first-order valence-corrected chi connectivity index (χ1v) is 11.4. The van der Waals surface area contributed by atoms with Gasteiger partial charge in [0.15, 0.2) is 34.7 Å². The van der Waals surface area contributed by atoms with E-state index in [-0.39, 0.29) is 5.56 Å². The molecule has 1 atom stereocenters. The van der Waals surface area contributed by atoms with Gasteiger partial charge in [0, 0.05) is 19.9 Å². The van der Waals surface area contributed by atoms with Crippen molar-refractivity contribution in [3.8, 4) is 11.4 Å². The van der Waals surface area contributed by atoms with E-state index in [9.17, 15) is 13.2 Å². The zero-order valence-electron chi connectivity index (χ0n) is 20.0. The maximum atomic E-state index is 14.1. The summed E-state index contributed by atoms with van der Waals surface area (Å²) in [5.74, 6) is -2.59. The molecule has 5 rings (SSSR count). The summed E-state index contributed by atoms with van der Waals surface area (Å²) in [6, 6.07) is 7.66. The van der Waals surface area contributed by atoms with E-state index in [2.05, 4.69) is 15.1 Å². The summed E-state index contributed by atoms with van der Waals surface area (Å²) in [7, 11) is 3.04. The second-order valence-corrected chi connectivity index (χ2v) is 8.59. The minimum atomic E-state index is -1.52. The van der Waals surface area contributed by atoms with Crippen LogP contribution in [0.5, 0.6) is 5.75 Å². The van der Waals surface area contributed by atoms with Gasteiger partial charge in [-0.05, 0) is 61.2 Å². The molecular formula is C26H24F3N5O2. The van der Waals surface area contributed by atoms with Gasteiger partial charge in [-0.25, -0.2) is 27.8 Å². The Bertz CT molecular complexity index is 1440. The molecule has 10 heteroatoms. The third kappa shape index (κ3) is 4.07. The second-order valence-electron chi connectivity index (χ2n) is 8.59. The maximum absolute atomic E-state index is 14.1. The molecule has 0 aliphatic carbocycles. The molecule has 0 spiro atoms. The Balaban J connectivity index is 1.48. The standard InChI is InChI=1S/C26H24F3N5O2/c1-16-14-33(15-30-16)21-7-5-17(11-22(21)35-2)6-8-23-31-25-26(36-3,9-4-10-34(25)32-23)18-12-19(27)24(29)20(28)13-18/h5-8,11-15H,4,9-10H2,1-3H3/b8-6+/t26-/m1/s1. The van der Waals surface area contributed by atoms with Crippen LogP contribution in [0.2, 0.25) is 0 Å². The van der Waals surface area contributed by atoms with Crippen LogP contribution in [-0.2, 0) is 16.9 Å². The fourth-order valence-electron chi connectivity index (χ4n) is 4.58. The van der Waals surface area contributed by atoms with Gasteiger partial charge in [-0.1, -0.05) is 12.1 Å². The van der Waals surface area contributed by atoms with Gasteiger partial charge in [-0.15, -0.1) is 0 Å². The lowest BCUT2D eigenvalue weighted by atomic mass is 9.85. The van der Waals surface area contributed by atoms with Crippen LogP contribution in [0, 0.1) is 24.4 Å². The molecule has 0 bridgehead atoms. The predicted molar refractivity (Wildman–Crippen MR) is 127 cm³/mol. The monoisotopic (exact) mass is 495 g/mol. The first kappa shape index (κ1) is 23.8. The van der Waals surface area contributed by atoms with Crippen molar-refractivity contribution < 1.29 is 22.6 Å². The number of fused-ring (bicyclic) bond motifs is 1. The van der Waals surface area contributed by atoms with E-state index >= 15 is 0 Å². The Kier molecular flexibility index (Phi) is 6.13. The summed E-state index contributed by atoms with van der Waals surface area (Å²) in [5, 5.41) is 4.54. The molecule has 0 unspecified atom stereocenters. The van der Waals surface area contributed by atoms with E-state index in [4.69, 9.17) is 9.47 Å². The van der Waals surface area contributed by atoms with Crippen LogP contribution in [-0.4, -0.2) is 38.5 Å². The predicted octanol–water partition coefficient (Wildman–Crippen LogP) is 5.05. The van der Waals surface area contributed by atoms with Crippen LogP contribution in [0.4, 0.5) is 13.2 Å². The molecule has 186 valence electrons. The summed E-state index contributed by atoms with van der Waals surface area (Å²) in [5.41, 5.74) is 1.52. The van der Waals surface area contributed by atoms with Crippen molar-refractivity contribution in [2.45, 2.75) is 31.9 Å². The van der Waals surface area contributed by atoms with Crippen LogP contribution in [0.3, 0.4) is 0 Å². The van der Waals surface area contributed by atoms with Gasteiger partial charge in [-0.2, -0.15) is 5.10 Å². The summed E-state index contributed by atoms with van der Waals surface area (Å²) in [4.78, 5) is 8.87. The first-order valence-electron chi connectivity index (χ1n) is 11.4. The van der Waals surface area contributed by atoms with Gasteiger partial charge < -0.3 is 14.0 Å². The van der Waals surface area contributed by atoms with Crippen molar-refractivity contribution in [1.82, 2.24) is 24.3 Å². The molecule has 0 saturated heterocycles. The average Bonchev–Trinajstić information content (AvgIpc) is 3.51. The third-order valence-corrected chi connectivity index (χ3v) is 6.37. The molecule has 0 saturated carbocycles. The van der Waals surface area contributed by atoms with Crippen molar-refractivity contribution in [1.29, 1.82) is 0 Å². The van der Waals surface area contributed by atoms with Gasteiger partial charge in [0.25, 0.3) is 0 Å². The lowest BCUT2D eigenvalue weighted by Gasteiger charge is -2.35. The van der Waals surface area contributed by atoms with Gasteiger partial charge in [0.2, 0.25) is 0 Å². The highest BCUT2D eigenvalue weighted by Crippen LogP contribution is 2.40. The largest absolute Gasteiger partial charge is 0.495 e. The summed E-state index contributed by atoms with van der Waals surface area (Å²) in [6.07, 6.45) is 8.28. The number of hydrogen-bond donors (Lipinski definition) is 0. The third-order valence-electron chi connectivity index (χ3n) is 6.37. The van der Waals surface area contributed by atoms with E-state index < -0.39 is 23.1 Å². The average molecular weight is 496 g/mol. The van der Waals surface area contributed by atoms with Gasteiger partial charge >= 0.3 is 0 Å². The quantitative estimate of drug-likeness (QED) is 0.350. The van der Waals surface area contributed by atoms with Crippen molar-refractivity contribution in [2.24, 2.45) is 0 Å². The fraction of sp³-hybridized carbons (Fsp3) is 0.269. The van der Waals surface area contributed by atoms with Crippen LogP contribution >= 0.6 is 0 Å². The maximum Gasteiger partial charge on any atom is 0.194 e. The Morgan fingerprint density at radius 3 is 2.50 bits per heavy atom. The zero-order valence-corrected chi connectivity index (χ0v) is 20.0. The number of methoxy groups -OCH3 is 2. The molecule has 4 aromatic rings. The molecule has 0 N–H and O–H groups in total. The van der Waals surface area contributed by atoms with E-state index in [0.29, 0.717) is 36.8 Å². The Hall–Kier alpha value is -3.92. The molecular weight excluding hydrogens is 471 g/mol. The lowest BCUT2D eigenvalue weighted by Crippen LogP contribution is -2.38. The number of aryl methyl sites for hydroxylation is 2. The second kappa shape index (κ2) is 9.27. The number of imidazole rings is 1. The van der Waals surface area contributed by atoms with Crippen molar-refractivity contribution in [3.05, 3.63) is 88.8 Å². The van der Waals surface area contributed by atoms with Gasteiger partial charge in [0.1, 0.15) is 5.75 Å². The Morgan fingerprint density at radius 2 is 1.83 bits per heavy atom. The highest BCUT2D eigenvalue weighted by molar-refractivity contribution is 5.69. The number of rotatable bonds is 6. The van der Waals surface area contributed by atoms with Crippen LogP contribution in [0.25, 0.3) is 17.8 Å². The number of nitrogens with zero attached hydrogens (tertiary/aromatic N) is 5. The number of halogens is 3. The molecule has 0 fully saturated rings. The summed E-state index contributed by atoms with van der Waals surface area (Å²) >= 11 is 0. The first-order chi connectivity index (χ1) is 17.3. The lowest BCUT2D eigenvalue weighted by molar-refractivity contribution is -0.0101. The molecule has 1 aliphatic heterocycles. The van der Waals surface area contributed by atoms with E-state index in [1.807, 2.05) is 42.0 Å². The highest BCUT2D eigenvalue weighted by Gasteiger charge is 2.43.